The van der Waals surface area contributed by atoms with Crippen molar-refractivity contribution < 1.29 is 8.78 Å². The largest absolute Gasteiger partial charge is 0.309 e. The molecular weight excluding hydrogens is 291 g/mol. The van der Waals surface area contributed by atoms with Crippen molar-refractivity contribution in [2.75, 3.05) is 7.05 Å². The summed E-state index contributed by atoms with van der Waals surface area (Å²) in [5, 5.41) is 3.82. The van der Waals surface area contributed by atoms with E-state index in [1.165, 1.54) is 0 Å². The molecule has 0 saturated heterocycles. The molecule has 0 aliphatic rings. The first-order valence-corrected chi connectivity index (χ1v) is 6.35. The third kappa shape index (κ3) is 3.24. The van der Waals surface area contributed by atoms with Gasteiger partial charge in [0.05, 0.1) is 6.04 Å². The van der Waals surface area contributed by atoms with Crippen molar-refractivity contribution >= 4 is 23.2 Å². The van der Waals surface area contributed by atoms with Crippen LogP contribution in [0.2, 0.25) is 10.0 Å². The average molecular weight is 302 g/mol. The van der Waals surface area contributed by atoms with Gasteiger partial charge in [-0.1, -0.05) is 23.2 Å². The van der Waals surface area contributed by atoms with E-state index < -0.39 is 17.7 Å². The van der Waals surface area contributed by atoms with Crippen LogP contribution in [-0.2, 0) is 0 Å². The lowest BCUT2D eigenvalue weighted by atomic mass is 9.98. The summed E-state index contributed by atoms with van der Waals surface area (Å²) in [5.74, 6) is -0.985. The summed E-state index contributed by atoms with van der Waals surface area (Å²) in [6.45, 7) is 0. The molecule has 19 heavy (non-hydrogen) atoms. The summed E-state index contributed by atoms with van der Waals surface area (Å²) in [6.07, 6.45) is 0. The van der Waals surface area contributed by atoms with Gasteiger partial charge in [0.15, 0.2) is 0 Å². The van der Waals surface area contributed by atoms with Crippen molar-refractivity contribution in [2.24, 2.45) is 0 Å². The highest BCUT2D eigenvalue weighted by Crippen LogP contribution is 2.29. The molecule has 1 nitrogen and oxygen atoms in total. The Hall–Kier alpha value is -1.16. The molecule has 1 atom stereocenters. The lowest BCUT2D eigenvalue weighted by Gasteiger charge is -2.18. The summed E-state index contributed by atoms with van der Waals surface area (Å²) in [5.41, 5.74) is 0.880. The van der Waals surface area contributed by atoms with Gasteiger partial charge in [0, 0.05) is 15.6 Å². The van der Waals surface area contributed by atoms with E-state index in [-0.39, 0.29) is 5.56 Å². The maximum absolute atomic E-state index is 13.8. The molecule has 0 heterocycles. The van der Waals surface area contributed by atoms with Crippen LogP contribution in [0.15, 0.2) is 36.4 Å². The van der Waals surface area contributed by atoms with Gasteiger partial charge in [0.2, 0.25) is 0 Å². The van der Waals surface area contributed by atoms with Gasteiger partial charge in [0.1, 0.15) is 11.6 Å². The third-order valence-electron chi connectivity index (χ3n) is 2.78. The second-order valence-electron chi connectivity index (χ2n) is 4.09. The van der Waals surface area contributed by atoms with Gasteiger partial charge in [0.25, 0.3) is 0 Å². The zero-order chi connectivity index (χ0) is 14.0. The molecule has 0 aliphatic carbocycles. The number of halogens is 4. The fraction of sp³-hybridized carbons (Fsp3) is 0.143. The Morgan fingerprint density at radius 1 is 1.00 bits per heavy atom. The van der Waals surface area contributed by atoms with E-state index >= 15 is 0 Å². The number of benzene rings is 2. The first-order chi connectivity index (χ1) is 9.01. The maximum atomic E-state index is 13.8. The standard InChI is InChI=1S/C14H11Cl2F2N/c1-19-14(8-4-9(15)6-10(16)5-8)12-7-11(17)2-3-13(12)18/h2-7,14,19H,1H3. The fourth-order valence-corrected chi connectivity index (χ4v) is 2.52. The van der Waals surface area contributed by atoms with Crippen LogP contribution in [0.4, 0.5) is 8.78 Å². The Morgan fingerprint density at radius 2 is 1.63 bits per heavy atom. The van der Waals surface area contributed by atoms with Crippen molar-refractivity contribution in [1.82, 2.24) is 5.32 Å². The van der Waals surface area contributed by atoms with Gasteiger partial charge < -0.3 is 5.32 Å². The van der Waals surface area contributed by atoms with Gasteiger partial charge in [-0.2, -0.15) is 0 Å². The maximum Gasteiger partial charge on any atom is 0.128 e. The molecule has 0 aliphatic heterocycles. The summed E-state index contributed by atoms with van der Waals surface area (Å²) in [7, 11) is 1.66. The van der Waals surface area contributed by atoms with Crippen LogP contribution in [0.5, 0.6) is 0 Å². The molecule has 0 amide bonds. The predicted octanol–water partition coefficient (Wildman–Crippen LogP) is 4.58. The second kappa shape index (κ2) is 5.87. The third-order valence-corrected chi connectivity index (χ3v) is 3.21. The van der Waals surface area contributed by atoms with Crippen molar-refractivity contribution in [2.45, 2.75) is 6.04 Å². The predicted molar refractivity (Wildman–Crippen MR) is 73.7 cm³/mol. The van der Waals surface area contributed by atoms with E-state index in [1.54, 1.807) is 25.2 Å². The molecule has 1 N–H and O–H groups in total. The highest BCUT2D eigenvalue weighted by Gasteiger charge is 2.18. The van der Waals surface area contributed by atoms with Gasteiger partial charge in [-0.05, 0) is 49.0 Å². The smallest absolute Gasteiger partial charge is 0.128 e. The van der Waals surface area contributed by atoms with E-state index in [0.717, 1.165) is 18.2 Å². The van der Waals surface area contributed by atoms with Crippen LogP contribution in [-0.4, -0.2) is 7.05 Å². The van der Waals surface area contributed by atoms with Crippen LogP contribution in [0.25, 0.3) is 0 Å². The number of hydrogen-bond acceptors (Lipinski definition) is 1. The molecule has 0 spiro atoms. The van der Waals surface area contributed by atoms with E-state index in [0.29, 0.717) is 15.6 Å². The molecule has 2 rings (SSSR count). The average Bonchev–Trinajstić information content (AvgIpc) is 2.33. The van der Waals surface area contributed by atoms with Gasteiger partial charge in [-0.15, -0.1) is 0 Å². The van der Waals surface area contributed by atoms with Crippen LogP contribution >= 0.6 is 23.2 Å². The zero-order valence-corrected chi connectivity index (χ0v) is 11.6. The molecular formula is C14H11Cl2F2N. The van der Waals surface area contributed by atoms with Crippen LogP contribution < -0.4 is 5.32 Å². The van der Waals surface area contributed by atoms with Crippen LogP contribution in [0, 0.1) is 11.6 Å². The molecule has 100 valence electrons. The molecule has 1 unspecified atom stereocenters. The van der Waals surface area contributed by atoms with Crippen molar-refractivity contribution in [3.8, 4) is 0 Å². The monoisotopic (exact) mass is 301 g/mol. The molecule has 0 saturated carbocycles. The van der Waals surface area contributed by atoms with Gasteiger partial charge >= 0.3 is 0 Å². The Labute approximate surface area is 120 Å². The summed E-state index contributed by atoms with van der Waals surface area (Å²) >= 11 is 11.9. The molecule has 0 fully saturated rings. The Morgan fingerprint density at radius 3 is 2.21 bits per heavy atom. The zero-order valence-electron chi connectivity index (χ0n) is 10.1. The van der Waals surface area contributed by atoms with Crippen LogP contribution in [0.1, 0.15) is 17.2 Å². The van der Waals surface area contributed by atoms with E-state index in [1.807, 2.05) is 0 Å². The summed E-state index contributed by atoms with van der Waals surface area (Å²) in [6, 6.07) is 7.73. The fourth-order valence-electron chi connectivity index (χ4n) is 1.98. The SMILES string of the molecule is CNC(c1cc(Cl)cc(Cl)c1)c1cc(F)ccc1F. The molecule has 0 bridgehead atoms. The number of nitrogens with one attached hydrogen (secondary N) is 1. The van der Waals surface area contributed by atoms with E-state index in [9.17, 15) is 8.78 Å². The van der Waals surface area contributed by atoms with Crippen molar-refractivity contribution in [3.05, 3.63) is 69.2 Å². The minimum atomic E-state index is -0.521. The second-order valence-corrected chi connectivity index (χ2v) is 4.96. The molecule has 0 radical (unpaired) electrons. The minimum absolute atomic E-state index is 0.209. The quantitative estimate of drug-likeness (QED) is 0.875. The molecule has 2 aromatic carbocycles. The van der Waals surface area contributed by atoms with Crippen molar-refractivity contribution in [1.29, 1.82) is 0 Å². The first kappa shape index (κ1) is 14.3. The lowest BCUT2D eigenvalue weighted by Crippen LogP contribution is -2.19. The highest BCUT2D eigenvalue weighted by molar-refractivity contribution is 6.34. The topological polar surface area (TPSA) is 12.0 Å². The summed E-state index contributed by atoms with van der Waals surface area (Å²) in [4.78, 5) is 0. The van der Waals surface area contributed by atoms with Gasteiger partial charge in [-0.3, -0.25) is 0 Å². The van der Waals surface area contributed by atoms with Crippen LogP contribution in [0.3, 0.4) is 0 Å². The van der Waals surface area contributed by atoms with Crippen molar-refractivity contribution in [3.63, 3.8) is 0 Å². The normalized spacial score (nSPS) is 12.5. The number of hydrogen-bond donors (Lipinski definition) is 1. The molecule has 5 heteroatoms. The van der Waals surface area contributed by atoms with E-state index in [2.05, 4.69) is 5.32 Å². The Bertz CT molecular complexity index is 582. The minimum Gasteiger partial charge on any atom is -0.309 e. The lowest BCUT2D eigenvalue weighted by molar-refractivity contribution is 0.558. The van der Waals surface area contributed by atoms with Gasteiger partial charge in [-0.25, -0.2) is 8.78 Å². The Kier molecular flexibility index (Phi) is 4.40. The molecule has 0 aromatic heterocycles. The summed E-state index contributed by atoms with van der Waals surface area (Å²) < 4.78 is 27.1. The number of rotatable bonds is 3. The van der Waals surface area contributed by atoms with E-state index in [4.69, 9.17) is 23.2 Å². The first-order valence-electron chi connectivity index (χ1n) is 5.59. The Balaban J connectivity index is 2.52. The highest BCUT2D eigenvalue weighted by atomic mass is 35.5. The molecule has 2 aromatic rings.